The molecule has 2 aromatic carbocycles. The lowest BCUT2D eigenvalue weighted by Crippen LogP contribution is -2.42. The number of benzene rings is 2. The van der Waals surface area contributed by atoms with Crippen LogP contribution in [0.4, 0.5) is 11.4 Å². The number of aryl methyl sites for hydroxylation is 1. The molecule has 1 heterocycles. The maximum absolute atomic E-state index is 13.4. The second-order valence-electron chi connectivity index (χ2n) is 7.58. The molecule has 1 aliphatic heterocycles. The number of fused-ring (bicyclic) bond motifs is 1. The second kappa shape index (κ2) is 7.18. The highest BCUT2D eigenvalue weighted by molar-refractivity contribution is 6.03. The summed E-state index contributed by atoms with van der Waals surface area (Å²) in [4.78, 5) is 29.9. The topological polar surface area (TPSA) is 40.6 Å². The van der Waals surface area contributed by atoms with Gasteiger partial charge in [0.25, 0.3) is 0 Å². The van der Waals surface area contributed by atoms with Gasteiger partial charge in [0.1, 0.15) is 0 Å². The Morgan fingerprint density at radius 1 is 1.04 bits per heavy atom. The number of para-hydroxylation sites is 1. The van der Waals surface area contributed by atoms with Gasteiger partial charge in [-0.15, -0.1) is 0 Å². The second-order valence-corrected chi connectivity index (χ2v) is 7.58. The minimum absolute atomic E-state index is 0.118. The van der Waals surface area contributed by atoms with Gasteiger partial charge in [-0.05, 0) is 56.9 Å². The van der Waals surface area contributed by atoms with E-state index in [1.54, 1.807) is 0 Å². The first-order valence-electron chi connectivity index (χ1n) is 9.88. The van der Waals surface area contributed by atoms with E-state index in [2.05, 4.69) is 0 Å². The molecule has 1 fully saturated rings. The molecule has 0 N–H and O–H groups in total. The number of rotatable bonds is 4. The Morgan fingerprint density at radius 2 is 1.74 bits per heavy atom. The lowest BCUT2D eigenvalue weighted by molar-refractivity contribution is -0.122. The fraction of sp³-hybridized carbons (Fsp3) is 0.391. The molecule has 2 amide bonds. The van der Waals surface area contributed by atoms with Crippen LogP contribution in [0.3, 0.4) is 0 Å². The van der Waals surface area contributed by atoms with Crippen LogP contribution in [0, 0.1) is 12.8 Å². The standard InChI is InChI=1S/C23H26N2O2/c1-3-24(18-12-8-16(2)9-13-18)23(27)20-14-15-25(22(26)17-10-11-17)21-7-5-4-6-19(20)21/h4-9,12-13,17,20H,3,10-11,14-15H2,1-2H3/t20-/m0/s1. The molecule has 0 spiro atoms. The summed E-state index contributed by atoms with van der Waals surface area (Å²) in [6, 6.07) is 16.0. The van der Waals surface area contributed by atoms with Gasteiger partial charge in [0.15, 0.2) is 0 Å². The van der Waals surface area contributed by atoms with E-state index in [9.17, 15) is 9.59 Å². The molecule has 0 aromatic heterocycles. The van der Waals surface area contributed by atoms with Crippen LogP contribution in [0.15, 0.2) is 48.5 Å². The summed E-state index contributed by atoms with van der Waals surface area (Å²) < 4.78 is 0. The first kappa shape index (κ1) is 17.8. The van der Waals surface area contributed by atoms with Crippen molar-refractivity contribution in [2.45, 2.75) is 39.0 Å². The van der Waals surface area contributed by atoms with Crippen LogP contribution in [0.1, 0.15) is 43.2 Å². The molecule has 27 heavy (non-hydrogen) atoms. The number of nitrogens with zero attached hydrogens (tertiary/aromatic N) is 2. The van der Waals surface area contributed by atoms with E-state index < -0.39 is 0 Å². The van der Waals surface area contributed by atoms with Gasteiger partial charge in [-0.1, -0.05) is 35.9 Å². The largest absolute Gasteiger partial charge is 0.312 e. The van der Waals surface area contributed by atoms with Gasteiger partial charge >= 0.3 is 0 Å². The van der Waals surface area contributed by atoms with Crippen LogP contribution in [-0.4, -0.2) is 24.9 Å². The van der Waals surface area contributed by atoms with E-state index in [1.807, 2.05) is 72.2 Å². The molecule has 0 unspecified atom stereocenters. The Labute approximate surface area is 160 Å². The number of amides is 2. The first-order valence-corrected chi connectivity index (χ1v) is 9.88. The molecule has 4 nitrogen and oxygen atoms in total. The maximum Gasteiger partial charge on any atom is 0.234 e. The summed E-state index contributed by atoms with van der Waals surface area (Å²) in [7, 11) is 0. The van der Waals surface area contributed by atoms with Crippen molar-refractivity contribution < 1.29 is 9.59 Å². The van der Waals surface area contributed by atoms with Crippen molar-refractivity contribution >= 4 is 23.2 Å². The van der Waals surface area contributed by atoms with Crippen LogP contribution in [0.25, 0.3) is 0 Å². The Hall–Kier alpha value is -2.62. The Morgan fingerprint density at radius 3 is 2.41 bits per heavy atom. The molecule has 1 aliphatic carbocycles. The summed E-state index contributed by atoms with van der Waals surface area (Å²) in [5, 5.41) is 0. The predicted molar refractivity (Wildman–Crippen MR) is 108 cm³/mol. The van der Waals surface area contributed by atoms with E-state index in [-0.39, 0.29) is 23.7 Å². The summed E-state index contributed by atoms with van der Waals surface area (Å²) >= 11 is 0. The van der Waals surface area contributed by atoms with Crippen LogP contribution >= 0.6 is 0 Å². The minimum atomic E-state index is -0.203. The number of carbonyl (C=O) groups is 2. The fourth-order valence-electron chi connectivity index (χ4n) is 3.98. The van der Waals surface area contributed by atoms with Crippen molar-refractivity contribution in [3.05, 3.63) is 59.7 Å². The third-order valence-corrected chi connectivity index (χ3v) is 5.66. The molecule has 4 heteroatoms. The minimum Gasteiger partial charge on any atom is -0.312 e. The maximum atomic E-state index is 13.4. The third-order valence-electron chi connectivity index (χ3n) is 5.66. The highest BCUT2D eigenvalue weighted by Crippen LogP contribution is 2.40. The zero-order chi connectivity index (χ0) is 19.0. The molecule has 0 bridgehead atoms. The lowest BCUT2D eigenvalue weighted by atomic mass is 9.88. The van der Waals surface area contributed by atoms with Gasteiger partial charge in [-0.2, -0.15) is 0 Å². The van der Waals surface area contributed by atoms with Gasteiger partial charge in [0.2, 0.25) is 11.8 Å². The molecule has 4 rings (SSSR count). The molecule has 1 atom stereocenters. The van der Waals surface area contributed by atoms with Crippen molar-refractivity contribution in [2.75, 3.05) is 22.9 Å². The third kappa shape index (κ3) is 3.36. The molecule has 0 radical (unpaired) electrons. The molecule has 1 saturated carbocycles. The molecule has 2 aromatic rings. The highest BCUT2D eigenvalue weighted by Gasteiger charge is 2.39. The monoisotopic (exact) mass is 362 g/mol. The molecule has 0 saturated heterocycles. The van der Waals surface area contributed by atoms with Crippen molar-refractivity contribution in [1.29, 1.82) is 0 Å². The van der Waals surface area contributed by atoms with Gasteiger partial charge < -0.3 is 9.80 Å². The SMILES string of the molecule is CCN(C(=O)[C@H]1CCN(C(=O)C2CC2)c2ccccc21)c1ccc(C)cc1. The van der Waals surface area contributed by atoms with E-state index >= 15 is 0 Å². The van der Waals surface area contributed by atoms with Gasteiger partial charge in [-0.3, -0.25) is 9.59 Å². The number of hydrogen-bond acceptors (Lipinski definition) is 2. The summed E-state index contributed by atoms with van der Waals surface area (Å²) in [5.74, 6) is 0.322. The number of carbonyl (C=O) groups excluding carboxylic acids is 2. The van der Waals surface area contributed by atoms with Crippen LogP contribution in [-0.2, 0) is 9.59 Å². The summed E-state index contributed by atoms with van der Waals surface area (Å²) in [6.45, 7) is 5.31. The molecule has 140 valence electrons. The smallest absolute Gasteiger partial charge is 0.234 e. The molecular weight excluding hydrogens is 336 g/mol. The summed E-state index contributed by atoms with van der Waals surface area (Å²) in [5.41, 5.74) is 4.01. The van der Waals surface area contributed by atoms with Crippen LogP contribution in [0.5, 0.6) is 0 Å². The van der Waals surface area contributed by atoms with Crippen molar-refractivity contribution in [2.24, 2.45) is 5.92 Å². The predicted octanol–water partition coefficient (Wildman–Crippen LogP) is 4.28. The van der Waals surface area contributed by atoms with Crippen molar-refractivity contribution in [3.8, 4) is 0 Å². The average molecular weight is 362 g/mol. The lowest BCUT2D eigenvalue weighted by Gasteiger charge is -2.36. The zero-order valence-electron chi connectivity index (χ0n) is 16.0. The molecule has 2 aliphatic rings. The van der Waals surface area contributed by atoms with E-state index in [0.717, 1.165) is 29.8 Å². The zero-order valence-corrected chi connectivity index (χ0v) is 16.0. The number of anilines is 2. The average Bonchev–Trinajstić information content (AvgIpc) is 3.54. The summed E-state index contributed by atoms with van der Waals surface area (Å²) in [6.07, 6.45) is 2.67. The molecular formula is C23H26N2O2. The van der Waals surface area contributed by atoms with Gasteiger partial charge in [0.05, 0.1) is 5.92 Å². The Balaban J connectivity index is 1.64. The first-order chi connectivity index (χ1) is 13.1. The normalized spacial score (nSPS) is 18.7. The number of likely N-dealkylation sites (N-methyl/N-ethyl adjacent to an activating group) is 1. The van der Waals surface area contributed by atoms with Gasteiger partial charge in [-0.25, -0.2) is 0 Å². The van der Waals surface area contributed by atoms with Crippen molar-refractivity contribution in [1.82, 2.24) is 0 Å². The Bertz CT molecular complexity index is 855. The quantitative estimate of drug-likeness (QED) is 0.814. The highest BCUT2D eigenvalue weighted by atomic mass is 16.2. The van der Waals surface area contributed by atoms with Crippen molar-refractivity contribution in [3.63, 3.8) is 0 Å². The van der Waals surface area contributed by atoms with E-state index in [1.165, 1.54) is 5.56 Å². The fourth-order valence-corrected chi connectivity index (χ4v) is 3.98. The van der Waals surface area contributed by atoms with E-state index in [4.69, 9.17) is 0 Å². The van der Waals surface area contributed by atoms with Gasteiger partial charge in [0, 0.05) is 30.4 Å². The Kier molecular flexibility index (Phi) is 4.73. The van der Waals surface area contributed by atoms with E-state index in [0.29, 0.717) is 19.5 Å². The number of hydrogen-bond donors (Lipinski definition) is 0. The van der Waals surface area contributed by atoms with Crippen LogP contribution < -0.4 is 9.80 Å². The van der Waals surface area contributed by atoms with Crippen LogP contribution in [0.2, 0.25) is 0 Å².